The Balaban J connectivity index is 2.14. The maximum atomic E-state index is 12.8. The van der Waals surface area contributed by atoms with Crippen LogP contribution in [0.4, 0.5) is 0 Å². The van der Waals surface area contributed by atoms with Gasteiger partial charge in [-0.3, -0.25) is 0 Å². The van der Waals surface area contributed by atoms with Crippen LogP contribution in [0.2, 0.25) is 0 Å². The molecule has 0 aromatic carbocycles. The van der Waals surface area contributed by atoms with E-state index in [9.17, 15) is 8.42 Å². The molecule has 1 atom stereocenters. The number of nitrogens with zero attached hydrogens (tertiary/aromatic N) is 3. The molecular weight excluding hydrogens is 298 g/mol. The highest BCUT2D eigenvalue weighted by Gasteiger charge is 2.35. The van der Waals surface area contributed by atoms with Crippen molar-refractivity contribution in [3.8, 4) is 0 Å². The zero-order chi connectivity index (χ0) is 16.5. The fourth-order valence-corrected chi connectivity index (χ4v) is 4.33. The first-order valence-corrected chi connectivity index (χ1v) is 9.63. The van der Waals surface area contributed by atoms with Crippen LogP contribution in [0.15, 0.2) is 17.6 Å². The minimum absolute atomic E-state index is 0.0896. The average molecular weight is 327 g/mol. The molecule has 1 aromatic heterocycles. The monoisotopic (exact) mass is 327 g/mol. The first-order chi connectivity index (χ1) is 10.2. The van der Waals surface area contributed by atoms with E-state index >= 15 is 0 Å². The summed E-state index contributed by atoms with van der Waals surface area (Å²) in [5.74, 6) is 0. The molecule has 1 fully saturated rings. The maximum absolute atomic E-state index is 12.8. The molecule has 22 heavy (non-hydrogen) atoms. The first-order valence-electron chi connectivity index (χ1n) is 8.19. The van der Waals surface area contributed by atoms with Crippen molar-refractivity contribution in [3.05, 3.63) is 12.5 Å². The zero-order valence-corrected chi connectivity index (χ0v) is 15.2. The topological polar surface area (TPSA) is 55.2 Å². The normalized spacial score (nSPS) is 21.2. The molecule has 126 valence electrons. The van der Waals surface area contributed by atoms with E-state index in [1.807, 2.05) is 4.57 Å². The van der Waals surface area contributed by atoms with Gasteiger partial charge in [0.2, 0.25) is 0 Å². The summed E-state index contributed by atoms with van der Waals surface area (Å²) >= 11 is 0. The summed E-state index contributed by atoms with van der Waals surface area (Å²) in [7, 11) is -1.80. The van der Waals surface area contributed by atoms with Crippen LogP contribution in [0.1, 0.15) is 65.8 Å². The van der Waals surface area contributed by atoms with Gasteiger partial charge in [0.25, 0.3) is 10.0 Å². The molecule has 1 saturated carbocycles. The van der Waals surface area contributed by atoms with Crippen molar-refractivity contribution >= 4 is 10.0 Å². The highest BCUT2D eigenvalue weighted by atomic mass is 32.2. The molecule has 0 N–H and O–H groups in total. The summed E-state index contributed by atoms with van der Waals surface area (Å²) in [6.07, 6.45) is 8.22. The molecule has 1 aliphatic rings. The van der Waals surface area contributed by atoms with Gasteiger partial charge in [0, 0.05) is 25.3 Å². The Bertz CT molecular complexity index is 597. The molecule has 0 spiro atoms. The molecule has 1 heterocycles. The first kappa shape index (κ1) is 17.5. The van der Waals surface area contributed by atoms with E-state index < -0.39 is 10.0 Å². The third kappa shape index (κ3) is 3.54. The molecule has 0 aliphatic heterocycles. The second kappa shape index (κ2) is 6.32. The Labute approximate surface area is 134 Å². The lowest BCUT2D eigenvalue weighted by molar-refractivity contribution is 0.174. The predicted octanol–water partition coefficient (Wildman–Crippen LogP) is 3.44. The third-order valence-corrected chi connectivity index (χ3v) is 6.94. The minimum atomic E-state index is -3.50. The zero-order valence-electron chi connectivity index (χ0n) is 14.4. The Kier molecular flexibility index (Phi) is 5.02. The number of rotatable bonds is 5. The predicted molar refractivity (Wildman–Crippen MR) is 88.2 cm³/mol. The van der Waals surface area contributed by atoms with E-state index in [-0.39, 0.29) is 17.1 Å². The van der Waals surface area contributed by atoms with Gasteiger partial charge >= 0.3 is 0 Å². The largest absolute Gasteiger partial charge is 0.333 e. The minimum Gasteiger partial charge on any atom is -0.333 e. The van der Waals surface area contributed by atoms with Gasteiger partial charge in [0.05, 0.1) is 6.33 Å². The number of imidazole rings is 1. The van der Waals surface area contributed by atoms with Crippen LogP contribution in [0.3, 0.4) is 0 Å². The molecule has 0 unspecified atom stereocenters. The molecule has 0 saturated heterocycles. The Hall–Kier alpha value is -0.880. The fourth-order valence-electron chi connectivity index (χ4n) is 2.99. The van der Waals surface area contributed by atoms with Gasteiger partial charge in [-0.05, 0) is 44.4 Å². The number of hydrogen-bond donors (Lipinski definition) is 0. The van der Waals surface area contributed by atoms with Crippen molar-refractivity contribution in [2.75, 3.05) is 7.05 Å². The summed E-state index contributed by atoms with van der Waals surface area (Å²) in [6, 6.07) is 0.351. The van der Waals surface area contributed by atoms with Crippen LogP contribution in [0.5, 0.6) is 0 Å². The SMILES string of the molecule is CC[C@H](C)n1cnc(S(=O)(=O)N(C)C2CCC(C)(C)CC2)c1. The molecular formula is C16H29N3O2S. The van der Waals surface area contributed by atoms with Gasteiger partial charge in [0.15, 0.2) is 5.03 Å². The summed E-state index contributed by atoms with van der Waals surface area (Å²) in [5, 5.41) is 0.167. The van der Waals surface area contributed by atoms with Crippen molar-refractivity contribution in [1.82, 2.24) is 13.9 Å². The van der Waals surface area contributed by atoms with Crippen LogP contribution >= 0.6 is 0 Å². The summed E-state index contributed by atoms with van der Waals surface area (Å²) in [6.45, 7) is 8.65. The summed E-state index contributed by atoms with van der Waals surface area (Å²) in [4.78, 5) is 4.13. The molecule has 6 heteroatoms. The maximum Gasteiger partial charge on any atom is 0.262 e. The van der Waals surface area contributed by atoms with Gasteiger partial charge in [-0.2, -0.15) is 4.31 Å². The number of aromatic nitrogens is 2. The van der Waals surface area contributed by atoms with E-state index in [1.54, 1.807) is 19.6 Å². The fraction of sp³-hybridized carbons (Fsp3) is 0.812. The van der Waals surface area contributed by atoms with Gasteiger partial charge in [-0.25, -0.2) is 13.4 Å². The second-order valence-corrected chi connectivity index (χ2v) is 9.28. The smallest absolute Gasteiger partial charge is 0.262 e. The molecule has 0 bridgehead atoms. The average Bonchev–Trinajstić information content (AvgIpc) is 2.96. The molecule has 0 radical (unpaired) electrons. The lowest BCUT2D eigenvalue weighted by Gasteiger charge is -2.37. The van der Waals surface area contributed by atoms with Gasteiger partial charge in [0.1, 0.15) is 0 Å². The van der Waals surface area contributed by atoms with Gasteiger partial charge < -0.3 is 4.57 Å². The van der Waals surface area contributed by atoms with Gasteiger partial charge in [-0.15, -0.1) is 0 Å². The molecule has 5 nitrogen and oxygen atoms in total. The third-order valence-electron chi connectivity index (χ3n) is 5.14. The van der Waals surface area contributed by atoms with E-state index in [0.717, 1.165) is 32.1 Å². The lowest BCUT2D eigenvalue weighted by Crippen LogP contribution is -2.40. The molecule has 0 amide bonds. The standard InChI is InChI=1S/C16H29N3O2S/c1-6-13(2)19-11-15(17-12-19)22(20,21)18(5)14-7-9-16(3,4)10-8-14/h11-14H,6-10H2,1-5H3/t13-/m0/s1. The van der Waals surface area contributed by atoms with Gasteiger partial charge in [-0.1, -0.05) is 20.8 Å². The molecule has 1 aliphatic carbocycles. The van der Waals surface area contributed by atoms with E-state index in [2.05, 4.69) is 32.7 Å². The molecule has 2 rings (SSSR count). The van der Waals surface area contributed by atoms with E-state index in [4.69, 9.17) is 0 Å². The Morgan fingerprint density at radius 2 is 2.00 bits per heavy atom. The number of sulfonamides is 1. The highest BCUT2D eigenvalue weighted by molar-refractivity contribution is 7.89. The van der Waals surface area contributed by atoms with Crippen molar-refractivity contribution in [2.24, 2.45) is 5.41 Å². The Morgan fingerprint density at radius 3 is 2.55 bits per heavy atom. The highest BCUT2D eigenvalue weighted by Crippen LogP contribution is 2.37. The second-order valence-electron chi connectivity index (χ2n) is 7.33. The van der Waals surface area contributed by atoms with Crippen LogP contribution in [0.25, 0.3) is 0 Å². The van der Waals surface area contributed by atoms with Crippen molar-refractivity contribution in [3.63, 3.8) is 0 Å². The van der Waals surface area contributed by atoms with E-state index in [1.165, 1.54) is 4.31 Å². The summed E-state index contributed by atoms with van der Waals surface area (Å²) < 4.78 is 28.9. The van der Waals surface area contributed by atoms with Crippen molar-refractivity contribution < 1.29 is 8.42 Å². The van der Waals surface area contributed by atoms with Crippen molar-refractivity contribution in [2.45, 2.75) is 76.9 Å². The van der Waals surface area contributed by atoms with Crippen LogP contribution in [0, 0.1) is 5.41 Å². The quantitative estimate of drug-likeness (QED) is 0.832. The van der Waals surface area contributed by atoms with Crippen LogP contribution in [-0.2, 0) is 10.0 Å². The number of hydrogen-bond acceptors (Lipinski definition) is 3. The van der Waals surface area contributed by atoms with E-state index in [0.29, 0.717) is 5.41 Å². The summed E-state index contributed by atoms with van der Waals surface area (Å²) in [5.41, 5.74) is 0.333. The van der Waals surface area contributed by atoms with Crippen LogP contribution in [-0.4, -0.2) is 35.4 Å². The lowest BCUT2D eigenvalue weighted by atomic mass is 9.76. The Morgan fingerprint density at radius 1 is 1.41 bits per heavy atom. The molecule has 1 aromatic rings. The van der Waals surface area contributed by atoms with Crippen LogP contribution < -0.4 is 0 Å². The van der Waals surface area contributed by atoms with Crippen molar-refractivity contribution in [1.29, 1.82) is 0 Å².